The van der Waals surface area contributed by atoms with E-state index in [0.717, 1.165) is 15.9 Å². The van der Waals surface area contributed by atoms with Gasteiger partial charge in [-0.25, -0.2) is 4.39 Å². The van der Waals surface area contributed by atoms with E-state index in [9.17, 15) is 4.39 Å². The van der Waals surface area contributed by atoms with Gasteiger partial charge < -0.3 is 10.6 Å². The standard InChI is InChI=1S/C16H16BrFN6S/c1-10-14(7-19-23(10)2)20-16(25)21-15-12(17)9-24(22-15)8-11-5-3-4-6-13(11)18/h3-7,9H,8H2,1-2H3,(H2,20,21,22,25). The molecule has 0 unspecified atom stereocenters. The summed E-state index contributed by atoms with van der Waals surface area (Å²) >= 11 is 8.76. The van der Waals surface area contributed by atoms with E-state index in [0.29, 0.717) is 23.0 Å². The second-order valence-corrected chi connectivity index (χ2v) is 6.72. The normalized spacial score (nSPS) is 10.7. The highest BCUT2D eigenvalue weighted by atomic mass is 79.9. The number of anilines is 2. The average Bonchev–Trinajstić information content (AvgIpc) is 3.06. The Labute approximate surface area is 158 Å². The van der Waals surface area contributed by atoms with Gasteiger partial charge in [-0.05, 0) is 41.1 Å². The molecule has 3 rings (SSSR count). The molecule has 0 amide bonds. The highest BCUT2D eigenvalue weighted by Gasteiger charge is 2.11. The van der Waals surface area contributed by atoms with Crippen molar-refractivity contribution in [3.63, 3.8) is 0 Å². The first-order chi connectivity index (χ1) is 11.9. The van der Waals surface area contributed by atoms with E-state index in [1.165, 1.54) is 6.07 Å². The number of hydrogen-bond acceptors (Lipinski definition) is 3. The number of thiocarbonyl (C=S) groups is 1. The molecule has 9 heteroatoms. The fourth-order valence-electron chi connectivity index (χ4n) is 2.25. The third kappa shape index (κ3) is 4.05. The quantitative estimate of drug-likeness (QED) is 0.627. The molecule has 0 bridgehead atoms. The zero-order chi connectivity index (χ0) is 18.0. The minimum absolute atomic E-state index is 0.257. The molecule has 0 atom stereocenters. The van der Waals surface area contributed by atoms with Crippen molar-refractivity contribution in [1.29, 1.82) is 0 Å². The van der Waals surface area contributed by atoms with Crippen molar-refractivity contribution < 1.29 is 4.39 Å². The van der Waals surface area contributed by atoms with Crippen LogP contribution < -0.4 is 10.6 Å². The lowest BCUT2D eigenvalue weighted by Crippen LogP contribution is -2.20. The second kappa shape index (κ2) is 7.32. The van der Waals surface area contributed by atoms with Crippen LogP contribution in [-0.2, 0) is 13.6 Å². The zero-order valence-electron chi connectivity index (χ0n) is 13.6. The van der Waals surface area contributed by atoms with E-state index in [1.807, 2.05) is 14.0 Å². The SMILES string of the molecule is Cc1c(NC(=S)Nc2nn(Cc3ccccc3F)cc2Br)cnn1C. The Kier molecular flexibility index (Phi) is 5.14. The summed E-state index contributed by atoms with van der Waals surface area (Å²) in [7, 11) is 1.86. The average molecular weight is 423 g/mol. The van der Waals surface area contributed by atoms with Crippen LogP contribution in [0.5, 0.6) is 0 Å². The molecule has 3 aromatic rings. The number of aryl methyl sites for hydroxylation is 1. The van der Waals surface area contributed by atoms with Crippen LogP contribution in [0.1, 0.15) is 11.3 Å². The van der Waals surface area contributed by atoms with Gasteiger partial charge in [-0.2, -0.15) is 10.2 Å². The maximum Gasteiger partial charge on any atom is 0.176 e. The van der Waals surface area contributed by atoms with Gasteiger partial charge in [-0.3, -0.25) is 9.36 Å². The van der Waals surface area contributed by atoms with Crippen LogP contribution in [0.15, 0.2) is 41.1 Å². The number of rotatable bonds is 4. The molecule has 2 N–H and O–H groups in total. The van der Waals surface area contributed by atoms with Crippen molar-refractivity contribution >= 4 is 44.8 Å². The van der Waals surface area contributed by atoms with Gasteiger partial charge in [-0.15, -0.1) is 0 Å². The fraction of sp³-hybridized carbons (Fsp3) is 0.188. The summed E-state index contributed by atoms with van der Waals surface area (Å²) in [4.78, 5) is 0. The molecule has 25 heavy (non-hydrogen) atoms. The van der Waals surface area contributed by atoms with Crippen molar-refractivity contribution in [2.75, 3.05) is 10.6 Å². The van der Waals surface area contributed by atoms with E-state index < -0.39 is 0 Å². The Morgan fingerprint density at radius 1 is 1.32 bits per heavy atom. The molecule has 130 valence electrons. The minimum Gasteiger partial charge on any atom is -0.330 e. The van der Waals surface area contributed by atoms with Crippen LogP contribution in [0.25, 0.3) is 0 Å². The molecule has 6 nitrogen and oxygen atoms in total. The predicted molar refractivity (Wildman–Crippen MR) is 103 cm³/mol. The molecule has 2 heterocycles. The fourth-order valence-corrected chi connectivity index (χ4v) is 2.87. The van der Waals surface area contributed by atoms with Crippen LogP contribution in [0.4, 0.5) is 15.9 Å². The summed E-state index contributed by atoms with van der Waals surface area (Å²) in [6.07, 6.45) is 3.47. The Morgan fingerprint density at radius 3 is 2.76 bits per heavy atom. The summed E-state index contributed by atoms with van der Waals surface area (Å²) in [6, 6.07) is 6.62. The first-order valence-corrected chi connectivity index (χ1v) is 8.67. The summed E-state index contributed by atoms with van der Waals surface area (Å²) in [6.45, 7) is 2.27. The van der Waals surface area contributed by atoms with Gasteiger partial charge in [0.1, 0.15) is 5.82 Å². The zero-order valence-corrected chi connectivity index (χ0v) is 16.0. The van der Waals surface area contributed by atoms with Gasteiger partial charge in [0, 0.05) is 18.8 Å². The second-order valence-electron chi connectivity index (χ2n) is 5.46. The molecule has 0 aliphatic carbocycles. The first kappa shape index (κ1) is 17.6. The summed E-state index contributed by atoms with van der Waals surface area (Å²) in [5, 5.41) is 15.1. The topological polar surface area (TPSA) is 59.7 Å². The number of nitrogens with zero attached hydrogens (tertiary/aromatic N) is 4. The largest absolute Gasteiger partial charge is 0.330 e. The van der Waals surface area contributed by atoms with Crippen LogP contribution >= 0.6 is 28.1 Å². The van der Waals surface area contributed by atoms with Gasteiger partial charge in [0.2, 0.25) is 0 Å². The predicted octanol–water partition coefficient (Wildman–Crippen LogP) is 3.68. The number of benzene rings is 1. The number of hydrogen-bond donors (Lipinski definition) is 2. The van der Waals surface area contributed by atoms with Crippen LogP contribution in [-0.4, -0.2) is 24.7 Å². The maximum atomic E-state index is 13.8. The van der Waals surface area contributed by atoms with Gasteiger partial charge in [-0.1, -0.05) is 18.2 Å². The molecule has 0 fully saturated rings. The van der Waals surface area contributed by atoms with Gasteiger partial charge >= 0.3 is 0 Å². The Morgan fingerprint density at radius 2 is 2.08 bits per heavy atom. The van der Waals surface area contributed by atoms with Crippen molar-refractivity contribution in [3.8, 4) is 0 Å². The smallest absolute Gasteiger partial charge is 0.176 e. The third-order valence-electron chi connectivity index (χ3n) is 3.72. The van der Waals surface area contributed by atoms with Crippen LogP contribution in [0, 0.1) is 12.7 Å². The van der Waals surface area contributed by atoms with E-state index in [4.69, 9.17) is 12.2 Å². The van der Waals surface area contributed by atoms with E-state index in [-0.39, 0.29) is 5.82 Å². The van der Waals surface area contributed by atoms with E-state index in [2.05, 4.69) is 36.8 Å². The Balaban J connectivity index is 1.69. The lowest BCUT2D eigenvalue weighted by atomic mass is 10.2. The molecule has 2 aromatic heterocycles. The summed E-state index contributed by atoms with van der Waals surface area (Å²) in [5.74, 6) is 0.295. The van der Waals surface area contributed by atoms with Crippen molar-refractivity contribution in [2.24, 2.45) is 7.05 Å². The first-order valence-electron chi connectivity index (χ1n) is 7.47. The lowest BCUT2D eigenvalue weighted by molar-refractivity contribution is 0.586. The van der Waals surface area contributed by atoms with Gasteiger partial charge in [0.05, 0.1) is 28.6 Å². The maximum absolute atomic E-state index is 13.8. The van der Waals surface area contributed by atoms with Crippen molar-refractivity contribution in [1.82, 2.24) is 19.6 Å². The van der Waals surface area contributed by atoms with Gasteiger partial charge in [0.25, 0.3) is 0 Å². The van der Waals surface area contributed by atoms with Crippen molar-refractivity contribution in [2.45, 2.75) is 13.5 Å². The van der Waals surface area contributed by atoms with Crippen LogP contribution in [0.3, 0.4) is 0 Å². The Bertz CT molecular complexity index is 919. The third-order valence-corrected chi connectivity index (χ3v) is 4.51. The summed E-state index contributed by atoms with van der Waals surface area (Å²) in [5.41, 5.74) is 2.35. The molecule has 1 aromatic carbocycles. The molecular formula is C16H16BrFN6S. The molecule has 0 radical (unpaired) electrons. The molecule has 0 saturated heterocycles. The molecular weight excluding hydrogens is 407 g/mol. The Hall–Kier alpha value is -2.26. The van der Waals surface area contributed by atoms with Gasteiger partial charge in [0.15, 0.2) is 10.9 Å². The summed E-state index contributed by atoms with van der Waals surface area (Å²) < 4.78 is 17.9. The molecule has 0 saturated carbocycles. The monoisotopic (exact) mass is 422 g/mol. The lowest BCUT2D eigenvalue weighted by Gasteiger charge is -2.08. The number of nitrogens with one attached hydrogen (secondary N) is 2. The van der Waals surface area contributed by atoms with Crippen LogP contribution in [0.2, 0.25) is 0 Å². The van der Waals surface area contributed by atoms with E-state index >= 15 is 0 Å². The highest BCUT2D eigenvalue weighted by molar-refractivity contribution is 9.10. The molecule has 0 aliphatic rings. The van der Waals surface area contributed by atoms with Crippen molar-refractivity contribution in [3.05, 3.63) is 58.2 Å². The highest BCUT2D eigenvalue weighted by Crippen LogP contribution is 2.22. The number of halogens is 2. The number of aromatic nitrogens is 4. The minimum atomic E-state index is -0.257. The van der Waals surface area contributed by atoms with E-state index in [1.54, 1.807) is 40.0 Å². The molecule has 0 spiro atoms. The molecule has 0 aliphatic heterocycles.